The minimum atomic E-state index is -4.00. The van der Waals surface area contributed by atoms with Crippen molar-refractivity contribution >= 4 is 27.2 Å². The molecule has 0 radical (unpaired) electrons. The van der Waals surface area contributed by atoms with Crippen LogP contribution < -0.4 is 4.74 Å². The quantitative estimate of drug-likeness (QED) is 0.552. The third-order valence-corrected chi connectivity index (χ3v) is 6.08. The summed E-state index contributed by atoms with van der Waals surface area (Å²) in [6.45, 7) is 5.21. The zero-order chi connectivity index (χ0) is 22.2. The Morgan fingerprint density at radius 2 is 1.83 bits per heavy atom. The molecule has 0 saturated heterocycles. The second-order valence-electron chi connectivity index (χ2n) is 7.12. The highest BCUT2D eigenvalue weighted by Gasteiger charge is 2.30. The van der Waals surface area contributed by atoms with Crippen molar-refractivity contribution in [3.05, 3.63) is 41.6 Å². The Morgan fingerprint density at radius 3 is 2.43 bits per heavy atom. The number of pyridine rings is 1. The van der Waals surface area contributed by atoms with Crippen LogP contribution in [0.5, 0.6) is 5.75 Å². The van der Waals surface area contributed by atoms with Gasteiger partial charge in [-0.1, -0.05) is 6.07 Å². The number of esters is 1. The molecule has 160 valence electrons. The Balaban J connectivity index is 2.43. The molecule has 3 aromatic rings. The van der Waals surface area contributed by atoms with Crippen molar-refractivity contribution in [1.82, 2.24) is 18.2 Å². The minimum absolute atomic E-state index is 0.00241. The largest absolute Gasteiger partial charge is 0.494 e. The third-order valence-electron chi connectivity index (χ3n) is 4.33. The number of nitrogens with zero attached hydrogens (tertiary/aromatic N) is 4. The van der Waals surface area contributed by atoms with Gasteiger partial charge in [0.15, 0.2) is 5.82 Å². The van der Waals surface area contributed by atoms with Gasteiger partial charge in [-0.2, -0.15) is 12.7 Å². The Labute approximate surface area is 175 Å². The zero-order valence-electron chi connectivity index (χ0n) is 17.7. The molecule has 9 nitrogen and oxygen atoms in total. The van der Waals surface area contributed by atoms with Gasteiger partial charge in [-0.25, -0.2) is 18.7 Å². The van der Waals surface area contributed by atoms with Crippen LogP contribution in [-0.2, 0) is 14.9 Å². The summed E-state index contributed by atoms with van der Waals surface area (Å²) in [7, 11) is 0.313. The molecule has 0 amide bonds. The molecule has 0 aliphatic carbocycles. The number of rotatable bonds is 6. The summed E-state index contributed by atoms with van der Waals surface area (Å²) >= 11 is 0. The molecule has 0 saturated carbocycles. The lowest BCUT2D eigenvalue weighted by atomic mass is 10.1. The zero-order valence-corrected chi connectivity index (χ0v) is 18.5. The van der Waals surface area contributed by atoms with E-state index in [1.807, 2.05) is 0 Å². The Hall–Kier alpha value is -2.98. The summed E-state index contributed by atoms with van der Waals surface area (Å²) in [5.74, 6) is -0.205. The van der Waals surface area contributed by atoms with Crippen molar-refractivity contribution in [2.45, 2.75) is 26.9 Å². The highest BCUT2D eigenvalue weighted by Crippen LogP contribution is 2.33. The predicted octanol–water partition coefficient (Wildman–Crippen LogP) is 2.64. The fourth-order valence-electron chi connectivity index (χ4n) is 2.93. The van der Waals surface area contributed by atoms with Crippen LogP contribution in [0, 0.1) is 6.92 Å². The van der Waals surface area contributed by atoms with Gasteiger partial charge in [-0.05, 0) is 45.0 Å². The molecule has 0 spiro atoms. The maximum atomic E-state index is 13.2. The van der Waals surface area contributed by atoms with Gasteiger partial charge in [0.2, 0.25) is 0 Å². The van der Waals surface area contributed by atoms with E-state index in [4.69, 9.17) is 9.47 Å². The number of aryl methyl sites for hydroxylation is 1. The van der Waals surface area contributed by atoms with Gasteiger partial charge in [0.1, 0.15) is 17.0 Å². The molecule has 0 aliphatic rings. The number of carbonyl (C=O) groups excluding carboxylic acids is 1. The summed E-state index contributed by atoms with van der Waals surface area (Å²) in [5, 5.41) is 0. The van der Waals surface area contributed by atoms with E-state index in [9.17, 15) is 13.2 Å². The molecular formula is C20H24N4O5S. The molecule has 0 N–H and O–H groups in total. The van der Waals surface area contributed by atoms with Crippen LogP contribution in [0.1, 0.15) is 29.9 Å². The molecule has 0 fully saturated rings. The average molecular weight is 433 g/mol. The fourth-order valence-corrected chi connectivity index (χ4v) is 4.00. The molecule has 1 aromatic carbocycles. The van der Waals surface area contributed by atoms with E-state index in [1.54, 1.807) is 51.1 Å². The van der Waals surface area contributed by atoms with E-state index in [1.165, 1.54) is 21.2 Å². The van der Waals surface area contributed by atoms with Crippen LogP contribution in [0.15, 0.2) is 30.3 Å². The maximum absolute atomic E-state index is 13.2. The van der Waals surface area contributed by atoms with Crippen LogP contribution >= 0.6 is 0 Å². The summed E-state index contributed by atoms with van der Waals surface area (Å²) in [4.78, 5) is 21.7. The normalized spacial score (nSPS) is 12.0. The number of fused-ring (bicyclic) bond motifs is 1. The molecule has 30 heavy (non-hydrogen) atoms. The second-order valence-corrected chi connectivity index (χ2v) is 9.11. The Bertz CT molecular complexity index is 1220. The second kappa shape index (κ2) is 8.04. The monoisotopic (exact) mass is 432 g/mol. The number of benzene rings is 1. The first-order valence-electron chi connectivity index (χ1n) is 9.25. The summed E-state index contributed by atoms with van der Waals surface area (Å²) in [6.07, 6.45) is -0.351. The Kier molecular flexibility index (Phi) is 5.82. The molecule has 10 heteroatoms. The van der Waals surface area contributed by atoms with Gasteiger partial charge in [-0.3, -0.25) is 0 Å². The number of carbonyl (C=O) groups is 1. The van der Waals surface area contributed by atoms with E-state index in [2.05, 4.69) is 9.97 Å². The van der Waals surface area contributed by atoms with Crippen LogP contribution in [0.3, 0.4) is 0 Å². The van der Waals surface area contributed by atoms with Crippen molar-refractivity contribution < 1.29 is 22.7 Å². The standard InChI is InChI=1S/C20H24N4O5S/c1-12(2)29-20(25)14-11-10-13(3)21-17(14)19-22-18-15(8-7-9-16(18)28-6)24(19)30(26,27)23(4)5/h7-12H,1-6H3. The van der Waals surface area contributed by atoms with Crippen LogP contribution in [0.25, 0.3) is 22.6 Å². The fraction of sp³-hybridized carbons (Fsp3) is 0.350. The van der Waals surface area contributed by atoms with Gasteiger partial charge >= 0.3 is 16.2 Å². The predicted molar refractivity (Wildman–Crippen MR) is 113 cm³/mol. The number of hydrogen-bond donors (Lipinski definition) is 0. The number of ether oxygens (including phenoxy) is 2. The van der Waals surface area contributed by atoms with E-state index in [0.717, 1.165) is 8.28 Å². The van der Waals surface area contributed by atoms with Crippen molar-refractivity contribution in [2.24, 2.45) is 0 Å². The third kappa shape index (κ3) is 3.75. The van der Waals surface area contributed by atoms with Gasteiger partial charge in [0.05, 0.1) is 24.3 Å². The Morgan fingerprint density at radius 1 is 1.13 bits per heavy atom. The van der Waals surface area contributed by atoms with Crippen LogP contribution in [-0.4, -0.2) is 59.9 Å². The molecular weight excluding hydrogens is 408 g/mol. The average Bonchev–Trinajstić information content (AvgIpc) is 3.07. The van der Waals surface area contributed by atoms with Gasteiger partial charge in [-0.15, -0.1) is 0 Å². The summed E-state index contributed by atoms with van der Waals surface area (Å²) in [5.41, 5.74) is 1.48. The molecule has 0 atom stereocenters. The van der Waals surface area contributed by atoms with Crippen molar-refractivity contribution in [3.8, 4) is 17.3 Å². The first kappa shape index (κ1) is 21.7. The number of aromatic nitrogens is 3. The molecule has 2 heterocycles. The van der Waals surface area contributed by atoms with E-state index in [-0.39, 0.29) is 23.2 Å². The topological polar surface area (TPSA) is 104 Å². The number of methoxy groups -OCH3 is 1. The minimum Gasteiger partial charge on any atom is -0.494 e. The van der Waals surface area contributed by atoms with Gasteiger partial charge in [0, 0.05) is 19.8 Å². The SMILES string of the molecule is COc1cccc2c1nc(-c1nc(C)ccc1C(=O)OC(C)C)n2S(=O)(=O)N(C)C. The lowest BCUT2D eigenvalue weighted by Crippen LogP contribution is -2.29. The molecule has 0 unspecified atom stereocenters. The van der Waals surface area contributed by atoms with E-state index in [0.29, 0.717) is 22.5 Å². The van der Waals surface area contributed by atoms with Gasteiger partial charge in [0.25, 0.3) is 0 Å². The lowest BCUT2D eigenvalue weighted by Gasteiger charge is -2.17. The molecule has 0 aliphatic heterocycles. The number of hydrogen-bond acceptors (Lipinski definition) is 7. The van der Waals surface area contributed by atoms with Crippen LogP contribution in [0.2, 0.25) is 0 Å². The molecule has 3 rings (SSSR count). The van der Waals surface area contributed by atoms with Crippen LogP contribution in [0.4, 0.5) is 0 Å². The van der Waals surface area contributed by atoms with E-state index >= 15 is 0 Å². The lowest BCUT2D eigenvalue weighted by molar-refractivity contribution is 0.0378. The van der Waals surface area contributed by atoms with E-state index < -0.39 is 16.2 Å². The van der Waals surface area contributed by atoms with Crippen molar-refractivity contribution in [1.29, 1.82) is 0 Å². The smallest absolute Gasteiger partial charge is 0.340 e. The van der Waals surface area contributed by atoms with Crippen molar-refractivity contribution in [3.63, 3.8) is 0 Å². The summed E-state index contributed by atoms with van der Waals surface area (Å²) in [6, 6.07) is 8.20. The number of imidazole rings is 1. The highest BCUT2D eigenvalue weighted by atomic mass is 32.2. The number of para-hydroxylation sites is 1. The van der Waals surface area contributed by atoms with Gasteiger partial charge < -0.3 is 9.47 Å². The van der Waals surface area contributed by atoms with Crippen molar-refractivity contribution in [2.75, 3.05) is 21.2 Å². The highest BCUT2D eigenvalue weighted by molar-refractivity contribution is 7.87. The first-order valence-corrected chi connectivity index (χ1v) is 10.6. The summed E-state index contributed by atoms with van der Waals surface area (Å²) < 4.78 is 39.2. The first-order chi connectivity index (χ1) is 14.1. The molecule has 0 bridgehead atoms. The maximum Gasteiger partial charge on any atom is 0.340 e. The molecule has 2 aromatic heterocycles.